The molecule has 1 aromatic rings. The molecule has 2 aliphatic rings. The Hall–Kier alpha value is -1.42. The average molecular weight is 245 g/mol. The summed E-state index contributed by atoms with van der Waals surface area (Å²) in [6, 6.07) is 3.96. The van der Waals surface area contributed by atoms with E-state index >= 15 is 0 Å². The maximum absolute atomic E-state index is 12.6. The van der Waals surface area contributed by atoms with E-state index in [4.69, 9.17) is 0 Å². The number of amides is 1. The number of rotatable bonds is 2. The topological polar surface area (TPSA) is 45.2 Å². The summed E-state index contributed by atoms with van der Waals surface area (Å²) in [5.41, 5.74) is 1.06. The Morgan fingerprint density at radius 1 is 1.33 bits per heavy atom. The number of nitrogens with zero attached hydrogens (tertiary/aromatic N) is 2. The van der Waals surface area contributed by atoms with Crippen LogP contribution in [0.1, 0.15) is 24.8 Å². The molecule has 0 aliphatic carbocycles. The zero-order valence-corrected chi connectivity index (χ0v) is 10.6. The summed E-state index contributed by atoms with van der Waals surface area (Å²) < 4.78 is 0. The van der Waals surface area contributed by atoms with Gasteiger partial charge in [0, 0.05) is 25.5 Å². The summed E-state index contributed by atoms with van der Waals surface area (Å²) in [7, 11) is 0. The molecule has 96 valence electrons. The van der Waals surface area contributed by atoms with Gasteiger partial charge >= 0.3 is 0 Å². The van der Waals surface area contributed by atoms with Crippen LogP contribution in [-0.4, -0.2) is 35.4 Å². The highest BCUT2D eigenvalue weighted by molar-refractivity contribution is 5.85. The summed E-state index contributed by atoms with van der Waals surface area (Å²) >= 11 is 0. The highest BCUT2D eigenvalue weighted by Crippen LogP contribution is 2.40. The molecule has 3 rings (SSSR count). The summed E-state index contributed by atoms with van der Waals surface area (Å²) in [5.74, 6) is 0.354. The Balaban J connectivity index is 1.71. The number of hydrogen-bond acceptors (Lipinski definition) is 3. The van der Waals surface area contributed by atoms with Gasteiger partial charge in [0.25, 0.3) is 0 Å². The lowest BCUT2D eigenvalue weighted by Gasteiger charge is -2.32. The Bertz CT molecular complexity index is 426. The van der Waals surface area contributed by atoms with Crippen LogP contribution in [0, 0.1) is 5.41 Å². The van der Waals surface area contributed by atoms with Crippen molar-refractivity contribution >= 4 is 5.91 Å². The molecule has 1 spiro atoms. The fourth-order valence-electron chi connectivity index (χ4n) is 3.12. The van der Waals surface area contributed by atoms with Crippen LogP contribution in [0.4, 0.5) is 0 Å². The maximum atomic E-state index is 12.6. The second-order valence-electron chi connectivity index (χ2n) is 5.37. The fourth-order valence-corrected chi connectivity index (χ4v) is 3.12. The van der Waals surface area contributed by atoms with E-state index in [2.05, 4.69) is 10.3 Å². The van der Waals surface area contributed by atoms with Gasteiger partial charge in [0.1, 0.15) is 0 Å². The molecule has 0 saturated carbocycles. The number of pyridine rings is 1. The zero-order chi connectivity index (χ0) is 12.4. The number of piperidine rings is 1. The van der Waals surface area contributed by atoms with Crippen molar-refractivity contribution in [3.8, 4) is 0 Å². The molecular weight excluding hydrogens is 226 g/mol. The smallest absolute Gasteiger partial charge is 0.229 e. The molecule has 0 bridgehead atoms. The van der Waals surface area contributed by atoms with E-state index in [-0.39, 0.29) is 5.41 Å². The highest BCUT2D eigenvalue weighted by Gasteiger charge is 2.46. The third-order valence-electron chi connectivity index (χ3n) is 4.26. The lowest BCUT2D eigenvalue weighted by molar-refractivity contribution is -0.137. The molecule has 3 heterocycles. The van der Waals surface area contributed by atoms with Gasteiger partial charge in [-0.3, -0.25) is 9.78 Å². The van der Waals surface area contributed by atoms with Crippen LogP contribution in [0.15, 0.2) is 24.5 Å². The SMILES string of the molecule is O=C1N(Cc2cccnc2)CCC12CCNCC2. The third-order valence-corrected chi connectivity index (χ3v) is 4.26. The fraction of sp³-hybridized carbons (Fsp3) is 0.571. The first-order valence-corrected chi connectivity index (χ1v) is 6.69. The van der Waals surface area contributed by atoms with E-state index in [1.54, 1.807) is 6.20 Å². The van der Waals surface area contributed by atoms with E-state index in [0.717, 1.165) is 44.5 Å². The minimum Gasteiger partial charge on any atom is -0.338 e. The van der Waals surface area contributed by atoms with Gasteiger partial charge in [-0.25, -0.2) is 0 Å². The van der Waals surface area contributed by atoms with E-state index in [9.17, 15) is 4.79 Å². The average Bonchev–Trinajstić information content (AvgIpc) is 2.71. The van der Waals surface area contributed by atoms with Crippen molar-refractivity contribution < 1.29 is 4.79 Å². The van der Waals surface area contributed by atoms with Crippen molar-refractivity contribution in [3.63, 3.8) is 0 Å². The molecule has 2 fully saturated rings. The van der Waals surface area contributed by atoms with Crippen LogP contribution in [0.5, 0.6) is 0 Å². The summed E-state index contributed by atoms with van der Waals surface area (Å²) in [6.07, 6.45) is 6.63. The molecule has 1 N–H and O–H groups in total. The predicted octanol–water partition coefficient (Wildman–Crippen LogP) is 1.18. The van der Waals surface area contributed by atoms with Gasteiger partial charge in [-0.05, 0) is 44.0 Å². The van der Waals surface area contributed by atoms with Crippen molar-refractivity contribution in [1.29, 1.82) is 0 Å². The number of carbonyl (C=O) groups is 1. The molecule has 1 aromatic heterocycles. The first-order chi connectivity index (χ1) is 8.80. The molecule has 18 heavy (non-hydrogen) atoms. The van der Waals surface area contributed by atoms with Crippen LogP contribution < -0.4 is 5.32 Å². The van der Waals surface area contributed by atoms with E-state index in [1.165, 1.54) is 0 Å². The van der Waals surface area contributed by atoms with Gasteiger partial charge in [0.15, 0.2) is 0 Å². The number of nitrogens with one attached hydrogen (secondary N) is 1. The molecule has 0 unspecified atom stereocenters. The second kappa shape index (κ2) is 4.69. The van der Waals surface area contributed by atoms with Crippen LogP contribution in [-0.2, 0) is 11.3 Å². The second-order valence-corrected chi connectivity index (χ2v) is 5.37. The van der Waals surface area contributed by atoms with Crippen LogP contribution in [0.2, 0.25) is 0 Å². The molecule has 4 heteroatoms. The van der Waals surface area contributed by atoms with E-state index in [0.29, 0.717) is 12.5 Å². The minimum atomic E-state index is -0.0620. The normalized spacial score (nSPS) is 22.7. The largest absolute Gasteiger partial charge is 0.338 e. The lowest BCUT2D eigenvalue weighted by atomic mass is 9.78. The standard InChI is InChI=1S/C14H19N3O/c18-13-14(3-7-15-8-4-14)5-9-17(13)11-12-2-1-6-16-10-12/h1-2,6,10,15H,3-5,7-9,11H2. The van der Waals surface area contributed by atoms with E-state index in [1.807, 2.05) is 23.2 Å². The molecule has 1 amide bonds. The lowest BCUT2D eigenvalue weighted by Crippen LogP contribution is -2.42. The highest BCUT2D eigenvalue weighted by atomic mass is 16.2. The molecular formula is C14H19N3O. The first kappa shape index (κ1) is 11.7. The summed E-state index contributed by atoms with van der Waals surface area (Å²) in [6.45, 7) is 3.56. The quantitative estimate of drug-likeness (QED) is 0.851. The minimum absolute atomic E-state index is 0.0620. The Kier molecular flexibility index (Phi) is 3.04. The molecule has 2 aliphatic heterocycles. The maximum Gasteiger partial charge on any atom is 0.229 e. The van der Waals surface area contributed by atoms with Gasteiger partial charge in [-0.2, -0.15) is 0 Å². The predicted molar refractivity (Wildman–Crippen MR) is 68.8 cm³/mol. The first-order valence-electron chi connectivity index (χ1n) is 6.69. The monoisotopic (exact) mass is 245 g/mol. The van der Waals surface area contributed by atoms with E-state index < -0.39 is 0 Å². The van der Waals surface area contributed by atoms with Gasteiger partial charge in [0.2, 0.25) is 5.91 Å². The van der Waals surface area contributed by atoms with Gasteiger partial charge in [-0.1, -0.05) is 6.07 Å². The van der Waals surface area contributed by atoms with Crippen LogP contribution >= 0.6 is 0 Å². The van der Waals surface area contributed by atoms with Crippen molar-refractivity contribution in [2.45, 2.75) is 25.8 Å². The third kappa shape index (κ3) is 2.01. The molecule has 0 atom stereocenters. The number of carbonyl (C=O) groups excluding carboxylic acids is 1. The van der Waals surface area contributed by atoms with Crippen LogP contribution in [0.25, 0.3) is 0 Å². The van der Waals surface area contributed by atoms with Gasteiger partial charge in [-0.15, -0.1) is 0 Å². The Morgan fingerprint density at radius 2 is 2.17 bits per heavy atom. The number of aromatic nitrogens is 1. The molecule has 2 saturated heterocycles. The number of hydrogen-bond donors (Lipinski definition) is 1. The zero-order valence-electron chi connectivity index (χ0n) is 10.6. The molecule has 4 nitrogen and oxygen atoms in total. The van der Waals surface area contributed by atoms with Crippen molar-refractivity contribution in [1.82, 2.24) is 15.2 Å². The van der Waals surface area contributed by atoms with Crippen molar-refractivity contribution in [3.05, 3.63) is 30.1 Å². The van der Waals surface area contributed by atoms with Crippen LogP contribution in [0.3, 0.4) is 0 Å². The summed E-state index contributed by atoms with van der Waals surface area (Å²) in [5, 5.41) is 3.34. The summed E-state index contributed by atoms with van der Waals surface area (Å²) in [4.78, 5) is 18.7. The van der Waals surface area contributed by atoms with Crippen molar-refractivity contribution in [2.75, 3.05) is 19.6 Å². The van der Waals surface area contributed by atoms with Crippen molar-refractivity contribution in [2.24, 2.45) is 5.41 Å². The molecule has 0 aromatic carbocycles. The van der Waals surface area contributed by atoms with Gasteiger partial charge < -0.3 is 10.2 Å². The number of likely N-dealkylation sites (tertiary alicyclic amines) is 1. The van der Waals surface area contributed by atoms with Gasteiger partial charge in [0.05, 0.1) is 5.41 Å². The Morgan fingerprint density at radius 3 is 2.89 bits per heavy atom. The molecule has 0 radical (unpaired) electrons. The Labute approximate surface area is 107 Å².